The lowest BCUT2D eigenvalue weighted by Crippen LogP contribution is -2.44. The minimum absolute atomic E-state index is 0.0741. The molecule has 0 aliphatic carbocycles. The highest BCUT2D eigenvalue weighted by molar-refractivity contribution is 5.82. The molecule has 1 unspecified atom stereocenters. The van der Waals surface area contributed by atoms with Crippen LogP contribution in [0.3, 0.4) is 0 Å². The molecular formula is C26H30N8O. The fourth-order valence-corrected chi connectivity index (χ4v) is 4.80. The van der Waals surface area contributed by atoms with Crippen LogP contribution in [-0.4, -0.2) is 73.6 Å². The molecule has 35 heavy (non-hydrogen) atoms. The van der Waals surface area contributed by atoms with Crippen LogP contribution in [0.25, 0.3) is 5.69 Å². The van der Waals surface area contributed by atoms with Crippen LogP contribution in [-0.2, 0) is 4.74 Å². The lowest BCUT2D eigenvalue weighted by atomic mass is 10.0. The van der Waals surface area contributed by atoms with Crippen LogP contribution in [0.5, 0.6) is 0 Å². The zero-order chi connectivity index (χ0) is 23.5. The van der Waals surface area contributed by atoms with Crippen molar-refractivity contribution >= 4 is 23.7 Å². The van der Waals surface area contributed by atoms with Crippen LogP contribution in [0.15, 0.2) is 72.1 Å². The van der Waals surface area contributed by atoms with Crippen molar-refractivity contribution in [1.82, 2.24) is 20.1 Å². The Kier molecular flexibility index (Phi) is 6.17. The quantitative estimate of drug-likeness (QED) is 0.615. The molecule has 0 radical (unpaired) electrons. The van der Waals surface area contributed by atoms with E-state index < -0.39 is 0 Å². The predicted octanol–water partition coefficient (Wildman–Crippen LogP) is 2.62. The summed E-state index contributed by atoms with van der Waals surface area (Å²) in [5.41, 5.74) is 4.53. The number of aliphatic imine (C=N–C) groups is 1. The first-order chi connectivity index (χ1) is 17.3. The van der Waals surface area contributed by atoms with E-state index in [1.54, 1.807) is 6.33 Å². The molecule has 6 rings (SSSR count). The monoisotopic (exact) mass is 470 g/mol. The minimum atomic E-state index is 0.0741. The number of anilines is 3. The van der Waals surface area contributed by atoms with Crippen molar-refractivity contribution in [3.8, 4) is 5.69 Å². The summed E-state index contributed by atoms with van der Waals surface area (Å²) in [6.45, 7) is 7.20. The average Bonchev–Trinajstić information content (AvgIpc) is 3.45. The Hall–Kier alpha value is -3.69. The molecule has 0 amide bonds. The number of nitrogens with zero attached hydrogens (tertiary/aromatic N) is 7. The summed E-state index contributed by atoms with van der Waals surface area (Å²) in [6.07, 6.45) is 7.71. The number of piperazine rings is 1. The molecule has 2 saturated heterocycles. The van der Waals surface area contributed by atoms with E-state index in [1.165, 1.54) is 11.3 Å². The maximum atomic E-state index is 5.52. The maximum absolute atomic E-state index is 5.52. The second-order valence-electron chi connectivity index (χ2n) is 8.90. The van der Waals surface area contributed by atoms with Gasteiger partial charge < -0.3 is 24.8 Å². The molecular weight excluding hydrogens is 440 g/mol. The third kappa shape index (κ3) is 4.65. The van der Waals surface area contributed by atoms with Gasteiger partial charge in [-0.2, -0.15) is 4.98 Å². The Bertz CT molecular complexity index is 1190. The molecule has 1 atom stereocenters. The Labute approximate surface area is 205 Å². The summed E-state index contributed by atoms with van der Waals surface area (Å²) < 4.78 is 7.36. The van der Waals surface area contributed by atoms with E-state index in [-0.39, 0.29) is 6.04 Å². The van der Waals surface area contributed by atoms with E-state index in [4.69, 9.17) is 9.84 Å². The zero-order valence-corrected chi connectivity index (χ0v) is 19.7. The number of aromatic nitrogens is 3. The number of benzene rings is 2. The molecule has 3 aromatic rings. The molecule has 4 heterocycles. The molecule has 2 aromatic carbocycles. The Balaban J connectivity index is 1.21. The van der Waals surface area contributed by atoms with Crippen LogP contribution in [0, 0.1) is 0 Å². The van der Waals surface area contributed by atoms with E-state index in [9.17, 15) is 0 Å². The number of hydrogen-bond acceptors (Lipinski definition) is 8. The maximum Gasteiger partial charge on any atom is 0.245 e. The molecule has 1 N–H and O–H groups in total. The first-order valence-corrected chi connectivity index (χ1v) is 12.2. The highest BCUT2D eigenvalue weighted by atomic mass is 16.5. The highest BCUT2D eigenvalue weighted by Gasteiger charge is 2.21. The molecule has 0 saturated carbocycles. The largest absolute Gasteiger partial charge is 0.378 e. The van der Waals surface area contributed by atoms with Gasteiger partial charge in [0.05, 0.1) is 31.3 Å². The number of ether oxygens (including phenoxy) is 1. The van der Waals surface area contributed by atoms with Gasteiger partial charge in [0.25, 0.3) is 0 Å². The van der Waals surface area contributed by atoms with Gasteiger partial charge in [-0.05, 0) is 48.0 Å². The summed E-state index contributed by atoms with van der Waals surface area (Å²) in [6, 6.07) is 17.3. The normalized spacial score (nSPS) is 20.5. The molecule has 9 heteroatoms. The lowest BCUT2D eigenvalue weighted by molar-refractivity contribution is 0.122. The van der Waals surface area contributed by atoms with Gasteiger partial charge in [-0.1, -0.05) is 12.1 Å². The fourth-order valence-electron chi connectivity index (χ4n) is 4.80. The van der Waals surface area contributed by atoms with E-state index in [2.05, 4.69) is 84.6 Å². The highest BCUT2D eigenvalue weighted by Crippen LogP contribution is 2.32. The van der Waals surface area contributed by atoms with Crippen molar-refractivity contribution in [2.75, 3.05) is 67.2 Å². The number of nitrogens with one attached hydrogen (secondary N) is 1. The van der Waals surface area contributed by atoms with Crippen molar-refractivity contribution in [3.05, 3.63) is 72.7 Å². The average molecular weight is 471 g/mol. The van der Waals surface area contributed by atoms with Crippen LogP contribution in [0.1, 0.15) is 11.6 Å². The Morgan fingerprint density at radius 2 is 1.66 bits per heavy atom. The number of hydrogen-bond donors (Lipinski definition) is 1. The third-order valence-electron chi connectivity index (χ3n) is 6.73. The summed E-state index contributed by atoms with van der Waals surface area (Å²) in [7, 11) is 0. The van der Waals surface area contributed by atoms with Crippen LogP contribution >= 0.6 is 0 Å². The minimum Gasteiger partial charge on any atom is -0.378 e. The summed E-state index contributed by atoms with van der Waals surface area (Å²) in [5.74, 6) is 0.782. The fraction of sp³-hybridized carbons (Fsp3) is 0.346. The van der Waals surface area contributed by atoms with E-state index >= 15 is 0 Å². The predicted molar refractivity (Wildman–Crippen MR) is 139 cm³/mol. The van der Waals surface area contributed by atoms with E-state index in [0.29, 0.717) is 0 Å². The van der Waals surface area contributed by atoms with Crippen LogP contribution < -0.4 is 20.0 Å². The topological polar surface area (TPSA) is 74.1 Å². The van der Waals surface area contributed by atoms with E-state index in [1.807, 2.05) is 17.2 Å². The van der Waals surface area contributed by atoms with Gasteiger partial charge in [0.2, 0.25) is 5.95 Å². The second-order valence-corrected chi connectivity index (χ2v) is 8.90. The van der Waals surface area contributed by atoms with Gasteiger partial charge >= 0.3 is 0 Å². The molecule has 1 aromatic heterocycles. The van der Waals surface area contributed by atoms with Gasteiger partial charge in [0.1, 0.15) is 6.33 Å². The third-order valence-corrected chi connectivity index (χ3v) is 6.73. The van der Waals surface area contributed by atoms with Gasteiger partial charge in [0, 0.05) is 56.8 Å². The van der Waals surface area contributed by atoms with E-state index in [0.717, 1.165) is 69.8 Å². The second kappa shape index (κ2) is 9.89. The van der Waals surface area contributed by atoms with Crippen molar-refractivity contribution < 1.29 is 4.74 Å². The SMILES string of the molecule is C1=CC(c2cccc(N3CCOCC3)c2)N(c2ccc(-n3cnc(N4CCNCC4)n3)cc2)C=N1. The smallest absolute Gasteiger partial charge is 0.245 e. The van der Waals surface area contributed by atoms with Crippen LogP contribution in [0.2, 0.25) is 0 Å². The lowest BCUT2D eigenvalue weighted by Gasteiger charge is -2.32. The molecule has 0 bridgehead atoms. The number of rotatable bonds is 5. The molecule has 2 fully saturated rings. The van der Waals surface area contributed by atoms with Crippen molar-refractivity contribution in [2.45, 2.75) is 6.04 Å². The molecule has 9 nitrogen and oxygen atoms in total. The van der Waals surface area contributed by atoms with Gasteiger partial charge in [-0.15, -0.1) is 5.10 Å². The standard InChI is InChI=1S/C26H30N8O/c1-2-21(18-24(3-1)31-14-16-35-17-15-31)25-8-9-28-19-33(25)22-4-6-23(7-5-22)34-20-29-26(30-34)32-12-10-27-11-13-32/h1-9,18-20,25,27H,10-17H2. The van der Waals surface area contributed by atoms with Gasteiger partial charge in [-0.3, -0.25) is 0 Å². The van der Waals surface area contributed by atoms with Crippen molar-refractivity contribution in [1.29, 1.82) is 0 Å². The summed E-state index contributed by atoms with van der Waals surface area (Å²) in [5, 5.41) is 8.07. The molecule has 3 aliphatic heterocycles. The molecule has 0 spiro atoms. The van der Waals surface area contributed by atoms with Gasteiger partial charge in [0.15, 0.2) is 0 Å². The molecule has 180 valence electrons. The first-order valence-electron chi connectivity index (χ1n) is 12.2. The van der Waals surface area contributed by atoms with Crippen molar-refractivity contribution in [3.63, 3.8) is 0 Å². The summed E-state index contributed by atoms with van der Waals surface area (Å²) >= 11 is 0. The zero-order valence-electron chi connectivity index (χ0n) is 19.7. The Morgan fingerprint density at radius 1 is 0.857 bits per heavy atom. The Morgan fingerprint density at radius 3 is 2.49 bits per heavy atom. The van der Waals surface area contributed by atoms with Crippen LogP contribution in [0.4, 0.5) is 17.3 Å². The van der Waals surface area contributed by atoms with Gasteiger partial charge in [-0.25, -0.2) is 9.67 Å². The summed E-state index contributed by atoms with van der Waals surface area (Å²) in [4.78, 5) is 15.7. The van der Waals surface area contributed by atoms with Crippen molar-refractivity contribution in [2.24, 2.45) is 4.99 Å². The number of morpholine rings is 1. The molecule has 3 aliphatic rings. The first kappa shape index (κ1) is 21.8.